The number of carboxylic acid groups (broad SMARTS) is 1. The average molecular weight is 309 g/mol. The van der Waals surface area contributed by atoms with Gasteiger partial charge < -0.3 is 15.7 Å². The number of rotatable bonds is 4. The monoisotopic (exact) mass is 308 g/mol. The van der Waals surface area contributed by atoms with Gasteiger partial charge in [-0.3, -0.25) is 4.79 Å². The number of anilines is 1. The largest absolute Gasteiger partial charge is 0.478 e. The summed E-state index contributed by atoms with van der Waals surface area (Å²) in [5.41, 5.74) is 6.81. The minimum atomic E-state index is -1.04. The molecule has 1 amide bonds. The minimum absolute atomic E-state index is 0.386. The molecule has 6 heteroatoms. The number of hydrogen-bond acceptors (Lipinski definition) is 3. The zero-order chi connectivity index (χ0) is 15.4. The maximum Gasteiger partial charge on any atom is 0.328 e. The van der Waals surface area contributed by atoms with E-state index in [2.05, 4.69) is 0 Å². The van der Waals surface area contributed by atoms with Crippen LogP contribution in [0, 0.1) is 0 Å². The Kier molecular flexibility index (Phi) is 4.85. The summed E-state index contributed by atoms with van der Waals surface area (Å²) in [5, 5.41) is 9.26. The Hall–Kier alpha value is -2.01. The quantitative estimate of drug-likeness (QED) is 0.836. The van der Waals surface area contributed by atoms with Gasteiger partial charge in [-0.1, -0.05) is 23.7 Å². The summed E-state index contributed by atoms with van der Waals surface area (Å²) < 4.78 is 0. The van der Waals surface area contributed by atoms with Crippen molar-refractivity contribution in [2.24, 2.45) is 5.73 Å². The molecule has 21 heavy (non-hydrogen) atoms. The molecule has 112 valence electrons. The molecule has 0 radical (unpaired) electrons. The van der Waals surface area contributed by atoms with Crippen molar-refractivity contribution >= 4 is 35.2 Å². The Morgan fingerprint density at radius 3 is 2.81 bits per heavy atom. The first-order valence-corrected chi connectivity index (χ1v) is 7.14. The van der Waals surface area contributed by atoms with E-state index < -0.39 is 12.0 Å². The molecule has 0 bridgehead atoms. The molecule has 0 saturated carbocycles. The second kappa shape index (κ2) is 6.63. The van der Waals surface area contributed by atoms with Gasteiger partial charge in [0.1, 0.15) is 6.04 Å². The zero-order valence-electron chi connectivity index (χ0n) is 11.5. The van der Waals surface area contributed by atoms with E-state index in [0.717, 1.165) is 18.9 Å². The van der Waals surface area contributed by atoms with Crippen molar-refractivity contribution in [3.05, 3.63) is 34.9 Å². The van der Waals surface area contributed by atoms with Crippen LogP contribution in [0.5, 0.6) is 0 Å². The highest BCUT2D eigenvalue weighted by Gasteiger charge is 2.29. The number of carbonyl (C=O) groups excluding carboxylic acids is 1. The Morgan fingerprint density at radius 2 is 2.14 bits per heavy atom. The van der Waals surface area contributed by atoms with Gasteiger partial charge in [-0.15, -0.1) is 0 Å². The predicted molar refractivity (Wildman–Crippen MR) is 82.3 cm³/mol. The molecule has 1 aromatic rings. The molecule has 1 unspecified atom stereocenters. The Bertz CT molecular complexity index is 586. The van der Waals surface area contributed by atoms with Crippen molar-refractivity contribution in [2.45, 2.75) is 25.3 Å². The number of benzene rings is 1. The highest BCUT2D eigenvalue weighted by atomic mass is 35.5. The van der Waals surface area contributed by atoms with Crippen LogP contribution in [0.3, 0.4) is 0 Å². The molecule has 1 heterocycles. The summed E-state index contributed by atoms with van der Waals surface area (Å²) in [6, 6.07) is 4.83. The molecular weight excluding hydrogens is 292 g/mol. The Labute approximate surface area is 128 Å². The Morgan fingerprint density at radius 1 is 1.38 bits per heavy atom. The lowest BCUT2D eigenvalue weighted by Gasteiger charge is -2.37. The number of halogens is 1. The molecule has 1 aliphatic heterocycles. The fraction of sp³-hybridized carbons (Fsp3) is 0.333. The van der Waals surface area contributed by atoms with Gasteiger partial charge in [-0.05, 0) is 37.0 Å². The number of aliphatic carboxylic acids is 1. The maximum atomic E-state index is 11.7. The van der Waals surface area contributed by atoms with Crippen molar-refractivity contribution < 1.29 is 14.7 Å². The number of primary amides is 1. The van der Waals surface area contributed by atoms with Crippen LogP contribution in [0.2, 0.25) is 5.02 Å². The number of nitrogens with two attached hydrogens (primary N) is 1. The van der Waals surface area contributed by atoms with E-state index >= 15 is 0 Å². The Balaban J connectivity index is 2.45. The van der Waals surface area contributed by atoms with Crippen LogP contribution >= 0.6 is 11.6 Å². The fourth-order valence-corrected chi connectivity index (χ4v) is 2.92. The molecule has 1 aromatic carbocycles. The lowest BCUT2D eigenvalue weighted by Crippen LogP contribution is -2.48. The normalized spacial score (nSPS) is 18.9. The number of carboxylic acids is 1. The lowest BCUT2D eigenvalue weighted by atomic mass is 9.99. The highest BCUT2D eigenvalue weighted by molar-refractivity contribution is 6.33. The topological polar surface area (TPSA) is 83.6 Å². The van der Waals surface area contributed by atoms with E-state index in [9.17, 15) is 9.59 Å². The molecule has 2 rings (SSSR count). The molecule has 0 aliphatic carbocycles. The van der Waals surface area contributed by atoms with Gasteiger partial charge in [-0.2, -0.15) is 0 Å². The number of hydrogen-bond donors (Lipinski definition) is 2. The number of nitrogens with zero attached hydrogens (tertiary/aromatic N) is 1. The van der Waals surface area contributed by atoms with Crippen molar-refractivity contribution in [1.29, 1.82) is 0 Å². The number of para-hydroxylation sites is 1. The van der Waals surface area contributed by atoms with E-state index in [1.165, 1.54) is 6.08 Å². The fourth-order valence-electron chi connectivity index (χ4n) is 2.63. The number of piperidine rings is 1. The predicted octanol–water partition coefficient (Wildman–Crippen LogP) is 2.28. The molecular formula is C15H17ClN2O3. The molecule has 0 spiro atoms. The summed E-state index contributed by atoms with van der Waals surface area (Å²) in [5.74, 6) is -1.42. The van der Waals surface area contributed by atoms with Crippen molar-refractivity contribution in [2.75, 3.05) is 11.4 Å². The first kappa shape index (κ1) is 15.4. The highest BCUT2D eigenvalue weighted by Crippen LogP contribution is 2.35. The van der Waals surface area contributed by atoms with Crippen molar-refractivity contribution in [3.63, 3.8) is 0 Å². The third kappa shape index (κ3) is 3.55. The van der Waals surface area contributed by atoms with Crippen LogP contribution < -0.4 is 10.6 Å². The van der Waals surface area contributed by atoms with Crippen LogP contribution in [-0.2, 0) is 9.59 Å². The summed E-state index contributed by atoms with van der Waals surface area (Å²) in [6.07, 6.45) is 5.10. The first-order valence-electron chi connectivity index (χ1n) is 6.76. The van der Waals surface area contributed by atoms with E-state index in [1.54, 1.807) is 18.2 Å². The standard InChI is InChI=1S/C15H17ClN2O3/c16-11-5-3-4-10(7-8-13(19)20)14(11)18-9-2-1-6-12(18)15(17)21/h3-5,7-8,12H,1-2,6,9H2,(H2,17,21)(H,19,20)/b8-7+. The molecule has 0 aromatic heterocycles. The van der Waals surface area contributed by atoms with Crippen LogP contribution in [-0.4, -0.2) is 29.6 Å². The third-order valence-electron chi connectivity index (χ3n) is 3.54. The third-order valence-corrected chi connectivity index (χ3v) is 3.85. The lowest BCUT2D eigenvalue weighted by molar-refractivity contribution is -0.131. The smallest absolute Gasteiger partial charge is 0.328 e. The molecule has 5 nitrogen and oxygen atoms in total. The number of amides is 1. The van der Waals surface area contributed by atoms with E-state index in [1.807, 2.05) is 4.90 Å². The zero-order valence-corrected chi connectivity index (χ0v) is 12.2. The maximum absolute atomic E-state index is 11.7. The van der Waals surface area contributed by atoms with Gasteiger partial charge >= 0.3 is 5.97 Å². The summed E-state index contributed by atoms with van der Waals surface area (Å²) in [6.45, 7) is 0.672. The molecule has 1 aliphatic rings. The average Bonchev–Trinajstić information content (AvgIpc) is 2.45. The second-order valence-corrected chi connectivity index (χ2v) is 5.36. The van der Waals surface area contributed by atoms with E-state index in [-0.39, 0.29) is 5.91 Å². The van der Waals surface area contributed by atoms with Crippen LogP contribution in [0.25, 0.3) is 6.08 Å². The number of carbonyl (C=O) groups is 2. The van der Waals surface area contributed by atoms with E-state index in [4.69, 9.17) is 22.4 Å². The van der Waals surface area contributed by atoms with Gasteiger partial charge in [0.25, 0.3) is 0 Å². The first-order chi connectivity index (χ1) is 10.0. The SMILES string of the molecule is NC(=O)C1CCCCN1c1c(Cl)cccc1/C=C/C(=O)O. The summed E-state index contributed by atoms with van der Waals surface area (Å²) >= 11 is 6.27. The van der Waals surface area contributed by atoms with Gasteiger partial charge in [0.05, 0.1) is 10.7 Å². The molecule has 3 N–H and O–H groups in total. The molecule has 1 atom stereocenters. The summed E-state index contributed by atoms with van der Waals surface area (Å²) in [4.78, 5) is 24.2. The van der Waals surface area contributed by atoms with E-state index in [0.29, 0.717) is 29.2 Å². The molecule has 1 saturated heterocycles. The van der Waals surface area contributed by atoms with Gasteiger partial charge in [0, 0.05) is 12.6 Å². The van der Waals surface area contributed by atoms with Crippen LogP contribution in [0.15, 0.2) is 24.3 Å². The van der Waals surface area contributed by atoms with Gasteiger partial charge in [0.15, 0.2) is 0 Å². The molecule has 1 fully saturated rings. The van der Waals surface area contributed by atoms with Crippen LogP contribution in [0.1, 0.15) is 24.8 Å². The summed E-state index contributed by atoms with van der Waals surface area (Å²) in [7, 11) is 0. The van der Waals surface area contributed by atoms with Crippen LogP contribution in [0.4, 0.5) is 5.69 Å². The minimum Gasteiger partial charge on any atom is -0.478 e. The second-order valence-electron chi connectivity index (χ2n) is 4.96. The van der Waals surface area contributed by atoms with Gasteiger partial charge in [0.2, 0.25) is 5.91 Å². The van der Waals surface area contributed by atoms with Gasteiger partial charge in [-0.25, -0.2) is 4.79 Å². The van der Waals surface area contributed by atoms with Crippen molar-refractivity contribution in [3.8, 4) is 0 Å². The van der Waals surface area contributed by atoms with Crippen molar-refractivity contribution in [1.82, 2.24) is 0 Å².